The number of fused-ring (bicyclic) bond motifs is 4. The minimum atomic E-state index is 0.867. The standard InChI is InChI=1S/C46H31NO/c1-2-14-33(15-3-1)39-21-6-9-25-43(39)47(36-28-29-42-41-23-8-11-27-45(41)48-46(42)31-36)44-26-10-7-22-40(44)35-19-12-18-34(30-35)38-24-13-17-32-16-4-5-20-37(32)38/h1-31H. The Kier molecular flexibility index (Phi) is 6.84. The molecule has 0 bridgehead atoms. The molecule has 48 heavy (non-hydrogen) atoms. The number of rotatable bonds is 6. The first kappa shape index (κ1) is 27.9. The maximum Gasteiger partial charge on any atom is 0.137 e. The Morgan fingerprint density at radius 3 is 1.69 bits per heavy atom. The van der Waals surface area contributed by atoms with E-state index in [1.807, 2.05) is 12.1 Å². The van der Waals surface area contributed by atoms with Crippen LogP contribution >= 0.6 is 0 Å². The van der Waals surface area contributed by atoms with Crippen molar-refractivity contribution in [1.29, 1.82) is 0 Å². The molecule has 2 nitrogen and oxygen atoms in total. The van der Waals surface area contributed by atoms with Crippen molar-refractivity contribution in [2.24, 2.45) is 0 Å². The van der Waals surface area contributed by atoms with Crippen LogP contribution in [0.5, 0.6) is 0 Å². The van der Waals surface area contributed by atoms with Gasteiger partial charge in [0.25, 0.3) is 0 Å². The van der Waals surface area contributed by atoms with Crippen LogP contribution in [0.25, 0.3) is 66.1 Å². The predicted molar refractivity (Wildman–Crippen MR) is 202 cm³/mol. The molecular formula is C46H31NO. The zero-order chi connectivity index (χ0) is 31.9. The van der Waals surface area contributed by atoms with Gasteiger partial charge in [0.05, 0.1) is 11.4 Å². The van der Waals surface area contributed by atoms with Crippen molar-refractivity contribution in [3.8, 4) is 33.4 Å². The molecule has 1 heterocycles. The Labute approximate surface area is 279 Å². The minimum Gasteiger partial charge on any atom is -0.456 e. The SMILES string of the molecule is c1ccc(-c2ccccc2N(c2ccc3c(c2)oc2ccccc23)c2ccccc2-c2cccc(-c3cccc4ccccc34)c2)cc1. The van der Waals surface area contributed by atoms with Crippen LogP contribution in [-0.4, -0.2) is 0 Å². The van der Waals surface area contributed by atoms with E-state index >= 15 is 0 Å². The molecule has 0 fully saturated rings. The van der Waals surface area contributed by atoms with Crippen LogP contribution in [0.4, 0.5) is 17.1 Å². The monoisotopic (exact) mass is 613 g/mol. The third-order valence-corrected chi connectivity index (χ3v) is 9.27. The second-order valence-electron chi connectivity index (χ2n) is 12.1. The van der Waals surface area contributed by atoms with E-state index in [-0.39, 0.29) is 0 Å². The second-order valence-corrected chi connectivity index (χ2v) is 12.1. The van der Waals surface area contributed by atoms with Gasteiger partial charge in [-0.2, -0.15) is 0 Å². The van der Waals surface area contributed by atoms with E-state index in [4.69, 9.17) is 4.42 Å². The highest BCUT2D eigenvalue weighted by atomic mass is 16.3. The molecule has 0 saturated carbocycles. The second kappa shape index (κ2) is 11.8. The maximum atomic E-state index is 6.42. The summed E-state index contributed by atoms with van der Waals surface area (Å²) in [6.07, 6.45) is 0. The van der Waals surface area contributed by atoms with Gasteiger partial charge in [-0.1, -0.05) is 146 Å². The Balaban J connectivity index is 1.27. The lowest BCUT2D eigenvalue weighted by atomic mass is 9.94. The molecule has 0 atom stereocenters. The number of benzene rings is 8. The fraction of sp³-hybridized carbons (Fsp3) is 0. The highest BCUT2D eigenvalue weighted by Gasteiger charge is 2.21. The van der Waals surface area contributed by atoms with Crippen molar-refractivity contribution in [2.45, 2.75) is 0 Å². The van der Waals surface area contributed by atoms with Gasteiger partial charge >= 0.3 is 0 Å². The summed E-state index contributed by atoms with van der Waals surface area (Å²) in [4.78, 5) is 2.38. The van der Waals surface area contributed by atoms with Gasteiger partial charge in [-0.3, -0.25) is 0 Å². The van der Waals surface area contributed by atoms with Crippen LogP contribution in [0.15, 0.2) is 192 Å². The van der Waals surface area contributed by atoms with Crippen LogP contribution in [0.2, 0.25) is 0 Å². The van der Waals surface area contributed by atoms with E-state index in [0.29, 0.717) is 0 Å². The first-order valence-electron chi connectivity index (χ1n) is 16.4. The summed E-state index contributed by atoms with van der Waals surface area (Å²) in [6, 6.07) is 66.9. The summed E-state index contributed by atoms with van der Waals surface area (Å²) >= 11 is 0. The molecule has 0 aliphatic heterocycles. The molecule has 0 radical (unpaired) electrons. The molecule has 0 spiro atoms. The summed E-state index contributed by atoms with van der Waals surface area (Å²) in [5.74, 6) is 0. The van der Waals surface area contributed by atoms with Gasteiger partial charge in [0.1, 0.15) is 11.2 Å². The zero-order valence-corrected chi connectivity index (χ0v) is 26.3. The van der Waals surface area contributed by atoms with E-state index in [0.717, 1.165) is 55.7 Å². The molecule has 0 unspecified atom stereocenters. The van der Waals surface area contributed by atoms with Crippen molar-refractivity contribution in [2.75, 3.05) is 4.90 Å². The average Bonchev–Trinajstić information content (AvgIpc) is 3.54. The van der Waals surface area contributed by atoms with Gasteiger partial charge in [-0.05, 0) is 69.4 Å². The molecule has 8 aromatic carbocycles. The van der Waals surface area contributed by atoms with E-state index in [1.54, 1.807) is 0 Å². The fourth-order valence-electron chi connectivity index (χ4n) is 7.04. The van der Waals surface area contributed by atoms with E-state index in [9.17, 15) is 0 Å². The third-order valence-electron chi connectivity index (χ3n) is 9.27. The van der Waals surface area contributed by atoms with Crippen LogP contribution in [0, 0.1) is 0 Å². The van der Waals surface area contributed by atoms with Crippen LogP contribution in [0.3, 0.4) is 0 Å². The van der Waals surface area contributed by atoms with Crippen molar-refractivity contribution in [3.05, 3.63) is 188 Å². The van der Waals surface area contributed by atoms with Gasteiger partial charge < -0.3 is 9.32 Å². The summed E-state index contributed by atoms with van der Waals surface area (Å²) in [5, 5.41) is 4.73. The first-order valence-corrected chi connectivity index (χ1v) is 16.4. The largest absolute Gasteiger partial charge is 0.456 e. The lowest BCUT2D eigenvalue weighted by molar-refractivity contribution is 0.669. The topological polar surface area (TPSA) is 16.4 Å². The Bertz CT molecular complexity index is 2570. The summed E-state index contributed by atoms with van der Waals surface area (Å²) in [5.41, 5.74) is 12.0. The lowest BCUT2D eigenvalue weighted by Crippen LogP contribution is -2.12. The molecule has 1 aromatic heterocycles. The maximum absolute atomic E-state index is 6.42. The summed E-state index contributed by atoms with van der Waals surface area (Å²) in [7, 11) is 0. The van der Waals surface area contributed by atoms with Crippen molar-refractivity contribution in [1.82, 2.24) is 0 Å². The predicted octanol–water partition coefficient (Wildman–Crippen LogP) is 13.2. The molecule has 0 aliphatic carbocycles. The van der Waals surface area contributed by atoms with Gasteiger partial charge in [-0.25, -0.2) is 0 Å². The average molecular weight is 614 g/mol. The van der Waals surface area contributed by atoms with Crippen LogP contribution < -0.4 is 4.90 Å². The molecule has 0 amide bonds. The van der Waals surface area contributed by atoms with Crippen molar-refractivity contribution >= 4 is 49.8 Å². The normalized spacial score (nSPS) is 11.3. The molecular weight excluding hydrogens is 583 g/mol. The van der Waals surface area contributed by atoms with Crippen LogP contribution in [-0.2, 0) is 0 Å². The zero-order valence-electron chi connectivity index (χ0n) is 26.3. The number of hydrogen-bond acceptors (Lipinski definition) is 2. The number of hydrogen-bond donors (Lipinski definition) is 0. The van der Waals surface area contributed by atoms with Crippen molar-refractivity contribution in [3.63, 3.8) is 0 Å². The molecule has 0 saturated heterocycles. The van der Waals surface area contributed by atoms with Crippen LogP contribution in [0.1, 0.15) is 0 Å². The van der Waals surface area contributed by atoms with E-state index in [2.05, 4.69) is 181 Å². The van der Waals surface area contributed by atoms with Gasteiger partial charge in [-0.15, -0.1) is 0 Å². The molecule has 0 N–H and O–H groups in total. The Hall–Kier alpha value is -6.38. The molecule has 226 valence electrons. The highest BCUT2D eigenvalue weighted by Crippen LogP contribution is 2.46. The van der Waals surface area contributed by atoms with Crippen molar-refractivity contribution < 1.29 is 4.42 Å². The van der Waals surface area contributed by atoms with E-state index < -0.39 is 0 Å². The van der Waals surface area contributed by atoms with Gasteiger partial charge in [0, 0.05) is 33.7 Å². The quantitative estimate of drug-likeness (QED) is 0.185. The number of para-hydroxylation sites is 3. The first-order chi connectivity index (χ1) is 23.8. The highest BCUT2D eigenvalue weighted by molar-refractivity contribution is 6.07. The number of furan rings is 1. The molecule has 2 heteroatoms. The molecule has 0 aliphatic rings. The minimum absolute atomic E-state index is 0.867. The number of nitrogens with zero attached hydrogens (tertiary/aromatic N) is 1. The Morgan fingerprint density at radius 2 is 0.875 bits per heavy atom. The molecule has 9 rings (SSSR count). The summed E-state index contributed by atoms with van der Waals surface area (Å²) < 4.78 is 6.42. The molecule has 9 aromatic rings. The fourth-order valence-corrected chi connectivity index (χ4v) is 7.04. The number of anilines is 3. The van der Waals surface area contributed by atoms with E-state index in [1.165, 1.54) is 27.5 Å². The third kappa shape index (κ3) is 4.83. The summed E-state index contributed by atoms with van der Waals surface area (Å²) in [6.45, 7) is 0. The smallest absolute Gasteiger partial charge is 0.137 e. The van der Waals surface area contributed by atoms with Gasteiger partial charge in [0.2, 0.25) is 0 Å². The van der Waals surface area contributed by atoms with Gasteiger partial charge in [0.15, 0.2) is 0 Å². The Morgan fingerprint density at radius 1 is 0.333 bits per heavy atom. The lowest BCUT2D eigenvalue weighted by Gasteiger charge is -2.30.